The monoisotopic (exact) mass is 1010 g/mol. The quantitative estimate of drug-likeness (QED) is 0.0482. The maximum atomic E-state index is 13.7. The van der Waals surface area contributed by atoms with Gasteiger partial charge in [0.25, 0.3) is 40.5 Å². The molecule has 5 rings (SSSR count). The number of fused-ring (bicyclic) bond motifs is 8. The minimum absolute atomic E-state index is 0. The summed E-state index contributed by atoms with van der Waals surface area (Å²) in [5.41, 5.74) is -3.75. The minimum atomic E-state index is -4.89. The summed E-state index contributed by atoms with van der Waals surface area (Å²) in [5, 5.41) is 99.7. The van der Waals surface area contributed by atoms with Crippen molar-refractivity contribution < 1.29 is 211 Å². The van der Waals surface area contributed by atoms with E-state index in [1.807, 2.05) is 0 Å². The number of rotatable bonds is 12. The van der Waals surface area contributed by atoms with Crippen molar-refractivity contribution in [2.45, 2.75) is 49.4 Å². The first-order valence-corrected chi connectivity index (χ1v) is 23.9. The first kappa shape index (κ1) is 60.9. The standard InChI is InChI=1S/C36H40O20S4.4Na/c37-29-13-31(39)23-9-21(29)17(1-5-57(45,46)47)22-10-24(32(40)14-30(22)38)19(3-7-59(51,52)53)26-12-28(36(44)16-34(26)42)20(4-8-60(54,55)56)27-11-25(33(41)15-35(27)43)18(23)2-6-58(48,49)50;;;;/h9-20,37-44H,1-8H2,(H,45,46,47)(H,48,49,50)(H,51,52,53)(H,54,55,56);;;;/q;4*+1/p-4. The molecule has 64 heavy (non-hydrogen) atoms. The van der Waals surface area contributed by atoms with Crippen LogP contribution in [0.1, 0.15) is 93.9 Å². The molecule has 328 valence electrons. The average Bonchev–Trinajstić information content (AvgIpc) is 3.08. The van der Waals surface area contributed by atoms with Crippen LogP contribution in [0.15, 0.2) is 48.5 Å². The Balaban J connectivity index is 0.00000512. The molecular formula is C36H36Na4O20S4. The predicted octanol–water partition coefficient (Wildman–Crippen LogP) is -11.2. The largest absolute Gasteiger partial charge is 1.00 e. The maximum Gasteiger partial charge on any atom is 1.00 e. The molecule has 0 radical (unpaired) electrons. The summed E-state index contributed by atoms with van der Waals surface area (Å²) >= 11 is 0. The van der Waals surface area contributed by atoms with Crippen LogP contribution in [0.5, 0.6) is 46.0 Å². The fraction of sp³-hybridized carbons (Fsp3) is 0.333. The van der Waals surface area contributed by atoms with Gasteiger partial charge in [-0.25, -0.2) is 0 Å². The van der Waals surface area contributed by atoms with E-state index in [0.29, 0.717) is 24.3 Å². The average molecular weight is 1010 g/mol. The molecule has 4 aromatic rings. The van der Waals surface area contributed by atoms with Gasteiger partial charge in [-0.05, 0) is 60.1 Å². The molecule has 1 aliphatic rings. The van der Waals surface area contributed by atoms with Gasteiger partial charge in [-0.2, -0.15) is 33.7 Å². The third-order valence-electron chi connectivity index (χ3n) is 10.3. The van der Waals surface area contributed by atoms with E-state index in [1.165, 1.54) is 0 Å². The Kier molecular flexibility index (Phi) is 22.4. The van der Waals surface area contributed by atoms with E-state index in [4.69, 9.17) is 0 Å². The smallest absolute Gasteiger partial charge is 0.872 e. The molecule has 1 aliphatic carbocycles. The fourth-order valence-corrected chi connectivity index (χ4v) is 9.74. The fourth-order valence-electron chi connectivity index (χ4n) is 7.60. The van der Waals surface area contributed by atoms with Crippen LogP contribution in [0, 0.1) is 0 Å². The van der Waals surface area contributed by atoms with Gasteiger partial charge < -0.3 is 40.9 Å². The van der Waals surface area contributed by atoms with Gasteiger partial charge in [0.2, 0.25) is 0 Å². The Morgan fingerprint density at radius 1 is 0.328 bits per heavy atom. The summed E-state index contributed by atoms with van der Waals surface area (Å²) < 4.78 is 135. The Bertz CT molecular complexity index is 2320. The zero-order chi connectivity index (χ0) is 44.9. The van der Waals surface area contributed by atoms with Gasteiger partial charge in [0.1, 0.15) is 23.0 Å². The third kappa shape index (κ3) is 15.5. The molecule has 0 aliphatic heterocycles. The Hall–Kier alpha value is -1.08. The number of hydrogen-bond donors (Lipinski definition) is 8. The number of hydrogen-bond acceptors (Lipinski definition) is 16. The zero-order valence-electron chi connectivity index (χ0n) is 34.7. The molecule has 8 N–H and O–H groups in total. The van der Waals surface area contributed by atoms with E-state index in [1.54, 1.807) is 0 Å². The van der Waals surface area contributed by atoms with E-state index < -0.39 is 203 Å². The van der Waals surface area contributed by atoms with Gasteiger partial charge in [0.15, 0.2) is 0 Å². The zero-order valence-corrected chi connectivity index (χ0v) is 46.0. The van der Waals surface area contributed by atoms with Crippen molar-refractivity contribution in [2.75, 3.05) is 23.0 Å². The van der Waals surface area contributed by atoms with Gasteiger partial charge >= 0.3 is 118 Å². The van der Waals surface area contributed by atoms with Crippen molar-refractivity contribution in [1.82, 2.24) is 0 Å². The van der Waals surface area contributed by atoms with Gasteiger partial charge in [-0.15, -0.1) is 23.0 Å². The second-order valence-corrected chi connectivity index (χ2v) is 20.6. The van der Waals surface area contributed by atoms with Crippen molar-refractivity contribution in [1.29, 1.82) is 0 Å². The van der Waals surface area contributed by atoms with Crippen LogP contribution < -0.4 is 139 Å². The van der Waals surface area contributed by atoms with Crippen LogP contribution >= 0.6 is 0 Å². The van der Waals surface area contributed by atoms with Gasteiger partial charge in [0, 0.05) is 58.1 Å². The number of phenolic OH excluding ortho intramolecular Hbond substituents is 4. The van der Waals surface area contributed by atoms with E-state index in [9.17, 15) is 92.7 Å². The Morgan fingerprint density at radius 3 is 0.703 bits per heavy atom. The molecule has 28 heteroatoms. The molecule has 0 aromatic heterocycles. The number of phenols is 4. The molecule has 0 heterocycles. The molecule has 0 spiro atoms. The maximum absolute atomic E-state index is 13.7. The van der Waals surface area contributed by atoms with Crippen molar-refractivity contribution in [3.05, 3.63) is 93.0 Å². The van der Waals surface area contributed by atoms with Crippen molar-refractivity contribution in [3.8, 4) is 46.0 Å². The molecule has 0 amide bonds. The second kappa shape index (κ2) is 23.5. The summed E-state index contributed by atoms with van der Waals surface area (Å²) in [5.74, 6) is -19.1. The van der Waals surface area contributed by atoms with E-state index in [2.05, 4.69) is 0 Å². The first-order valence-electron chi connectivity index (χ1n) is 17.5. The molecule has 2 atom stereocenters. The summed E-state index contributed by atoms with van der Waals surface area (Å²) in [4.78, 5) is 0. The summed E-state index contributed by atoms with van der Waals surface area (Å²) in [7, 11) is -19.5. The van der Waals surface area contributed by atoms with E-state index in [0.717, 1.165) is 24.3 Å². The normalized spacial score (nSPS) is 17.4. The first-order chi connectivity index (χ1) is 27.5. The van der Waals surface area contributed by atoms with Crippen LogP contribution in [-0.2, 0) is 40.5 Å². The van der Waals surface area contributed by atoms with E-state index >= 15 is 0 Å². The van der Waals surface area contributed by atoms with Crippen LogP contribution in [-0.4, -0.2) is 95.3 Å². The molecule has 2 unspecified atom stereocenters. The number of benzene rings is 4. The third-order valence-corrected chi connectivity index (χ3v) is 13.3. The molecule has 0 saturated heterocycles. The van der Waals surface area contributed by atoms with Crippen molar-refractivity contribution >= 4 is 40.5 Å². The summed E-state index contributed by atoms with van der Waals surface area (Å²) in [6.07, 6.45) is -3.05. The van der Waals surface area contributed by atoms with Crippen molar-refractivity contribution in [3.63, 3.8) is 0 Å². The summed E-state index contributed by atoms with van der Waals surface area (Å²) in [6.45, 7) is 0. The van der Waals surface area contributed by atoms with Gasteiger partial charge in [0.05, 0.1) is 23.0 Å². The van der Waals surface area contributed by atoms with Gasteiger partial charge in [-0.1, -0.05) is 24.3 Å². The van der Waals surface area contributed by atoms with Crippen LogP contribution in [0.2, 0.25) is 0 Å². The molecule has 4 aromatic carbocycles. The van der Waals surface area contributed by atoms with Crippen molar-refractivity contribution in [2.24, 2.45) is 0 Å². The number of aromatic hydroxyl groups is 4. The van der Waals surface area contributed by atoms with Gasteiger partial charge in [-0.3, -0.25) is 18.2 Å². The SMILES string of the molecule is O=S(=O)(O)CCC1c2cc(c([O-])cc2[O-])C(CCS(=O)(=O)O)c2cc(c(O)cc2O)C(CCS(=O)(=O)O)c2cc(c(O)cc2O)C(CCS(=O)(=O)O)c2cc1c([O-])cc2[O-].[Na+].[Na+].[Na+].[Na+]. The molecular weight excluding hydrogens is 973 g/mol. The minimum Gasteiger partial charge on any atom is -0.872 e. The van der Waals surface area contributed by atoms with Crippen LogP contribution in [0.4, 0.5) is 0 Å². The second-order valence-electron chi connectivity index (χ2n) is 14.3. The Labute approximate surface area is 456 Å². The predicted molar refractivity (Wildman–Crippen MR) is 202 cm³/mol. The summed E-state index contributed by atoms with van der Waals surface area (Å²) in [6, 6.07) is 5.93. The van der Waals surface area contributed by atoms with E-state index in [-0.39, 0.29) is 118 Å². The Morgan fingerprint density at radius 2 is 0.500 bits per heavy atom. The van der Waals surface area contributed by atoms with Crippen LogP contribution in [0.3, 0.4) is 0 Å². The molecule has 0 fully saturated rings. The van der Waals surface area contributed by atoms with Crippen LogP contribution in [0.25, 0.3) is 0 Å². The molecule has 20 nitrogen and oxygen atoms in total. The molecule has 8 bridgehead atoms. The molecule has 0 saturated carbocycles. The topological polar surface area (TPSA) is 391 Å².